The molecule has 0 aliphatic heterocycles. The van der Waals surface area contributed by atoms with E-state index >= 15 is 0 Å². The summed E-state index contributed by atoms with van der Waals surface area (Å²) in [6.07, 6.45) is -0.178. The van der Waals surface area contributed by atoms with E-state index < -0.39 is 0 Å². The summed E-state index contributed by atoms with van der Waals surface area (Å²) in [5.74, 6) is 0. The molecule has 0 rings (SSSR count). The number of rotatable bonds is 14. The summed E-state index contributed by atoms with van der Waals surface area (Å²) in [6, 6.07) is 0. The van der Waals surface area contributed by atoms with Gasteiger partial charge in [-0.2, -0.15) is 0 Å². The molecule has 18 heavy (non-hydrogen) atoms. The fourth-order valence-electron chi connectivity index (χ4n) is 1.02. The van der Waals surface area contributed by atoms with Crippen molar-refractivity contribution in [1.82, 2.24) is 16.0 Å². The molecule has 0 aromatic heterocycles. The summed E-state index contributed by atoms with van der Waals surface area (Å²) in [7, 11) is 0. The van der Waals surface area contributed by atoms with E-state index in [0.717, 1.165) is 0 Å². The van der Waals surface area contributed by atoms with Crippen molar-refractivity contribution in [3.8, 4) is 0 Å². The van der Waals surface area contributed by atoms with Gasteiger partial charge in [0.2, 0.25) is 0 Å². The lowest BCUT2D eigenvalue weighted by Crippen LogP contribution is -2.35. The molecule has 0 saturated carbocycles. The number of nitrogens with two attached hydrogens (primary N) is 3. The molecule has 110 valence electrons. The fourth-order valence-corrected chi connectivity index (χ4v) is 1.02. The fraction of sp³-hybridized carbons (Fsp3) is 1.00. The van der Waals surface area contributed by atoms with E-state index in [1.165, 1.54) is 0 Å². The van der Waals surface area contributed by atoms with Gasteiger partial charge in [-0.1, -0.05) is 0 Å². The average molecular weight is 266 g/mol. The molecule has 0 heterocycles. The van der Waals surface area contributed by atoms with Gasteiger partial charge in [0.15, 0.2) is 0 Å². The number of nitrogens with one attached hydrogen (secondary N) is 3. The van der Waals surface area contributed by atoms with Crippen molar-refractivity contribution in [2.75, 3.05) is 53.4 Å². The summed E-state index contributed by atoms with van der Waals surface area (Å²) in [5, 5.41) is 8.54. The molecule has 0 unspecified atom stereocenters. The second-order valence-electron chi connectivity index (χ2n) is 3.33. The van der Waals surface area contributed by atoms with Crippen LogP contribution in [0.25, 0.3) is 0 Å². The van der Waals surface area contributed by atoms with Crippen LogP contribution in [0.5, 0.6) is 0 Å². The molecule has 0 radical (unpaired) electrons. The maximum absolute atomic E-state index is 5.48. The monoisotopic (exact) mass is 266 g/mol. The molecular formula is C9H26N6O3. The Morgan fingerprint density at radius 1 is 0.722 bits per heavy atom. The summed E-state index contributed by atoms with van der Waals surface area (Å²) in [5.41, 5.74) is 15.8. The molecule has 0 fully saturated rings. The molecule has 0 spiro atoms. The van der Waals surface area contributed by atoms with E-state index in [0.29, 0.717) is 53.4 Å². The predicted octanol–water partition coefficient (Wildman–Crippen LogP) is -3.21. The minimum absolute atomic E-state index is 0.178. The van der Waals surface area contributed by atoms with Gasteiger partial charge in [0.1, 0.15) is 6.10 Å². The van der Waals surface area contributed by atoms with Crippen LogP contribution in [0.1, 0.15) is 0 Å². The van der Waals surface area contributed by atoms with E-state index in [1.54, 1.807) is 0 Å². The summed E-state index contributed by atoms with van der Waals surface area (Å²) in [6.45, 7) is 3.02. The van der Waals surface area contributed by atoms with Gasteiger partial charge in [0.25, 0.3) is 0 Å². The third-order valence-electron chi connectivity index (χ3n) is 1.87. The van der Waals surface area contributed by atoms with E-state index in [4.69, 9.17) is 31.4 Å². The normalized spacial score (nSPS) is 11.3. The molecule has 0 amide bonds. The third kappa shape index (κ3) is 12.1. The van der Waals surface area contributed by atoms with Crippen LogP contribution in [0, 0.1) is 0 Å². The highest BCUT2D eigenvalue weighted by Gasteiger charge is 2.09. The predicted molar refractivity (Wildman–Crippen MR) is 67.9 cm³/mol. The first kappa shape index (κ1) is 17.6. The van der Waals surface area contributed by atoms with Gasteiger partial charge in [0.05, 0.1) is 33.4 Å². The lowest BCUT2D eigenvalue weighted by atomic mass is 10.4. The summed E-state index contributed by atoms with van der Waals surface area (Å²) in [4.78, 5) is 0. The maximum Gasteiger partial charge on any atom is 0.106 e. The molecule has 0 aromatic carbocycles. The second kappa shape index (κ2) is 14.7. The zero-order valence-corrected chi connectivity index (χ0v) is 10.7. The van der Waals surface area contributed by atoms with E-state index in [9.17, 15) is 0 Å². The maximum atomic E-state index is 5.48. The number of ether oxygens (including phenoxy) is 3. The molecule has 0 atom stereocenters. The molecule has 9 nitrogen and oxygen atoms in total. The van der Waals surface area contributed by atoms with Crippen LogP contribution in [0.2, 0.25) is 0 Å². The first-order chi connectivity index (χ1) is 8.85. The molecule has 9 N–H and O–H groups in total. The van der Waals surface area contributed by atoms with Gasteiger partial charge in [-0.3, -0.25) is 16.0 Å². The SMILES string of the molecule is NCNCOCC(COCNCN)OCNCN. The van der Waals surface area contributed by atoms with Gasteiger partial charge in [0, 0.05) is 20.0 Å². The smallest absolute Gasteiger partial charge is 0.106 e. The Hall–Kier alpha value is -0.360. The summed E-state index contributed by atoms with van der Waals surface area (Å²) < 4.78 is 16.1. The van der Waals surface area contributed by atoms with Crippen LogP contribution >= 0.6 is 0 Å². The highest BCUT2D eigenvalue weighted by atomic mass is 16.6. The Bertz CT molecular complexity index is 153. The molecule has 0 saturated heterocycles. The molecule has 0 aliphatic carbocycles. The van der Waals surface area contributed by atoms with E-state index in [1.807, 2.05) is 0 Å². The number of hydrogen-bond acceptors (Lipinski definition) is 9. The van der Waals surface area contributed by atoms with Crippen molar-refractivity contribution >= 4 is 0 Å². The average Bonchev–Trinajstić information content (AvgIpc) is 2.39. The van der Waals surface area contributed by atoms with Crippen LogP contribution in [0.3, 0.4) is 0 Å². The highest BCUT2D eigenvalue weighted by molar-refractivity contribution is 4.55. The van der Waals surface area contributed by atoms with Gasteiger partial charge < -0.3 is 31.4 Å². The van der Waals surface area contributed by atoms with Crippen LogP contribution in [-0.4, -0.2) is 59.5 Å². The van der Waals surface area contributed by atoms with Gasteiger partial charge in [-0.25, -0.2) is 0 Å². The summed E-state index contributed by atoms with van der Waals surface area (Å²) >= 11 is 0. The first-order valence-corrected chi connectivity index (χ1v) is 5.84. The van der Waals surface area contributed by atoms with Crippen molar-refractivity contribution in [2.45, 2.75) is 6.10 Å². The Kier molecular flexibility index (Phi) is 14.4. The van der Waals surface area contributed by atoms with Crippen molar-refractivity contribution in [1.29, 1.82) is 0 Å². The van der Waals surface area contributed by atoms with Crippen molar-refractivity contribution in [2.24, 2.45) is 17.2 Å². The van der Waals surface area contributed by atoms with Crippen molar-refractivity contribution in [3.63, 3.8) is 0 Å². The molecular weight excluding hydrogens is 240 g/mol. The minimum Gasteiger partial charge on any atom is -0.363 e. The van der Waals surface area contributed by atoms with E-state index in [2.05, 4.69) is 16.0 Å². The van der Waals surface area contributed by atoms with E-state index in [-0.39, 0.29) is 6.10 Å². The topological polar surface area (TPSA) is 142 Å². The Morgan fingerprint density at radius 3 is 1.61 bits per heavy atom. The largest absolute Gasteiger partial charge is 0.363 e. The Labute approximate surface area is 108 Å². The van der Waals surface area contributed by atoms with Crippen LogP contribution < -0.4 is 33.2 Å². The van der Waals surface area contributed by atoms with Crippen LogP contribution in [-0.2, 0) is 14.2 Å². The zero-order chi connectivity index (χ0) is 13.5. The third-order valence-corrected chi connectivity index (χ3v) is 1.87. The molecule has 0 aliphatic rings. The first-order valence-electron chi connectivity index (χ1n) is 5.84. The number of hydrogen-bond donors (Lipinski definition) is 6. The molecule has 0 aromatic rings. The molecule has 0 bridgehead atoms. The lowest BCUT2D eigenvalue weighted by Gasteiger charge is -2.18. The zero-order valence-electron chi connectivity index (χ0n) is 10.7. The lowest BCUT2D eigenvalue weighted by molar-refractivity contribution is -0.0691. The van der Waals surface area contributed by atoms with Crippen molar-refractivity contribution in [3.05, 3.63) is 0 Å². The van der Waals surface area contributed by atoms with Gasteiger partial charge in [-0.15, -0.1) is 0 Å². The van der Waals surface area contributed by atoms with Gasteiger partial charge in [-0.05, 0) is 0 Å². The van der Waals surface area contributed by atoms with Crippen molar-refractivity contribution < 1.29 is 14.2 Å². The Balaban J connectivity index is 3.62. The van der Waals surface area contributed by atoms with Gasteiger partial charge >= 0.3 is 0 Å². The highest BCUT2D eigenvalue weighted by Crippen LogP contribution is 1.94. The second-order valence-corrected chi connectivity index (χ2v) is 3.33. The molecule has 9 heteroatoms. The standard InChI is InChI=1S/C9H26N6O3/c10-3-13-6-16-1-9(18-8-15-5-12)2-17-7-14-4-11/h9,13-15H,1-8,10-12H2. The minimum atomic E-state index is -0.178. The van der Waals surface area contributed by atoms with Crippen LogP contribution in [0.15, 0.2) is 0 Å². The van der Waals surface area contributed by atoms with Crippen LogP contribution in [0.4, 0.5) is 0 Å². The quantitative estimate of drug-likeness (QED) is 0.141. The Morgan fingerprint density at radius 2 is 1.17 bits per heavy atom.